The molecule has 6 aliphatic rings. The Morgan fingerprint density at radius 1 is 0.904 bits per heavy atom. The van der Waals surface area contributed by atoms with Gasteiger partial charge in [-0.15, -0.1) is 0 Å². The van der Waals surface area contributed by atoms with Crippen molar-refractivity contribution < 1.29 is 23.8 Å². The molecule has 0 aromatic heterocycles. The summed E-state index contributed by atoms with van der Waals surface area (Å²) < 4.78 is 20.0. The summed E-state index contributed by atoms with van der Waals surface area (Å²) in [4.78, 5) is 28.4. The standard InChI is InChI=1S/C44H66N2O5S/c1-29-15-20-44(39(49)45-23-8-24-46-25-27-52(50,51)28-26-46)22-21-42(6)34(37(44)30(29)2)13-14-36-41(5)18-16-33(31-9-11-32(12-10-31)38(47)48)40(3,4)35(41)17-19-43(36,42)7/h9-13,16,29-30,35-37,50-51H,8,14-15,17-28H2,1-7H3,(H,45,49)(H,47,48)/t29-,30+,35-,36-,37+,41+,42-,43-,44+/m1/s1. The minimum absolute atomic E-state index is 0.0334. The van der Waals surface area contributed by atoms with Crippen molar-refractivity contribution in [1.82, 2.24) is 10.2 Å². The summed E-state index contributed by atoms with van der Waals surface area (Å²) in [6, 6.07) is 7.52. The molecule has 0 unspecified atom stereocenters. The maximum Gasteiger partial charge on any atom is 0.335 e. The Kier molecular flexibility index (Phi) is 9.74. The highest BCUT2D eigenvalue weighted by Gasteiger charge is 2.69. The highest BCUT2D eigenvalue weighted by molar-refractivity contribution is 8.24. The van der Waals surface area contributed by atoms with E-state index in [9.17, 15) is 23.8 Å². The molecule has 1 aromatic rings. The van der Waals surface area contributed by atoms with Gasteiger partial charge in [-0.05, 0) is 139 Å². The van der Waals surface area contributed by atoms with Gasteiger partial charge in [0.25, 0.3) is 0 Å². The van der Waals surface area contributed by atoms with Crippen molar-refractivity contribution in [1.29, 1.82) is 0 Å². The molecule has 4 N–H and O–H groups in total. The fourth-order valence-corrected chi connectivity index (χ4v) is 14.7. The maximum atomic E-state index is 14.5. The van der Waals surface area contributed by atoms with Gasteiger partial charge >= 0.3 is 5.97 Å². The number of nitrogens with one attached hydrogen (secondary N) is 1. The van der Waals surface area contributed by atoms with Gasteiger partial charge in [0, 0.05) is 19.6 Å². The van der Waals surface area contributed by atoms with Crippen LogP contribution in [-0.4, -0.2) is 68.7 Å². The number of allylic oxidation sites excluding steroid dienone is 4. The fraction of sp³-hybridized carbons (Fsp3) is 0.727. The summed E-state index contributed by atoms with van der Waals surface area (Å²) in [5.74, 6) is 2.72. The predicted molar refractivity (Wildman–Crippen MR) is 212 cm³/mol. The third-order valence-electron chi connectivity index (χ3n) is 16.9. The number of rotatable bonds is 7. The van der Waals surface area contributed by atoms with Gasteiger partial charge in [0.05, 0.1) is 22.5 Å². The Balaban J connectivity index is 1.14. The molecule has 7 nitrogen and oxygen atoms in total. The zero-order valence-corrected chi connectivity index (χ0v) is 33.8. The van der Waals surface area contributed by atoms with E-state index in [0.29, 0.717) is 47.3 Å². The van der Waals surface area contributed by atoms with Crippen molar-refractivity contribution in [2.45, 2.75) is 106 Å². The van der Waals surface area contributed by atoms with Gasteiger partial charge < -0.3 is 15.3 Å². The van der Waals surface area contributed by atoms with E-state index in [4.69, 9.17) is 0 Å². The Morgan fingerprint density at radius 2 is 1.60 bits per heavy atom. The number of hydrogen-bond donors (Lipinski definition) is 4. The lowest BCUT2D eigenvalue weighted by atomic mass is 9.33. The van der Waals surface area contributed by atoms with Gasteiger partial charge in [-0.25, -0.2) is 4.79 Å². The highest BCUT2D eigenvalue weighted by atomic mass is 32.3. The van der Waals surface area contributed by atoms with Crippen LogP contribution in [0.1, 0.15) is 122 Å². The summed E-state index contributed by atoms with van der Waals surface area (Å²) >= 11 is 0. The van der Waals surface area contributed by atoms with E-state index in [-0.39, 0.29) is 38.9 Å². The quantitative estimate of drug-likeness (QED) is 0.164. The second-order valence-corrected chi connectivity index (χ2v) is 21.8. The zero-order chi connectivity index (χ0) is 37.5. The van der Waals surface area contributed by atoms with E-state index >= 15 is 0 Å². The lowest BCUT2D eigenvalue weighted by Crippen LogP contribution is -2.64. The molecule has 3 saturated carbocycles. The lowest BCUT2D eigenvalue weighted by molar-refractivity contribution is -0.169. The summed E-state index contributed by atoms with van der Waals surface area (Å²) in [6.07, 6.45) is 14.7. The van der Waals surface area contributed by atoms with Gasteiger partial charge in [0.1, 0.15) is 0 Å². The molecule has 0 bridgehead atoms. The predicted octanol–water partition coefficient (Wildman–Crippen LogP) is 9.61. The summed E-state index contributed by atoms with van der Waals surface area (Å²) in [5.41, 5.74) is 4.42. The van der Waals surface area contributed by atoms with Gasteiger partial charge in [0.2, 0.25) is 5.91 Å². The highest BCUT2D eigenvalue weighted by Crippen LogP contribution is 2.76. The molecule has 1 heterocycles. The fourth-order valence-electron chi connectivity index (χ4n) is 13.4. The van der Waals surface area contributed by atoms with Crippen LogP contribution in [0.5, 0.6) is 0 Å². The molecule has 5 aliphatic carbocycles. The van der Waals surface area contributed by atoms with E-state index in [2.05, 4.69) is 70.8 Å². The van der Waals surface area contributed by atoms with Crippen LogP contribution in [0.2, 0.25) is 0 Å². The van der Waals surface area contributed by atoms with Crippen molar-refractivity contribution in [3.63, 3.8) is 0 Å². The van der Waals surface area contributed by atoms with E-state index in [1.807, 2.05) is 12.1 Å². The zero-order valence-electron chi connectivity index (χ0n) is 33.0. The Morgan fingerprint density at radius 3 is 2.27 bits per heavy atom. The molecular weight excluding hydrogens is 669 g/mol. The van der Waals surface area contributed by atoms with Crippen LogP contribution in [0.4, 0.5) is 0 Å². The Hall–Kier alpha value is -2.13. The molecule has 7 rings (SSSR count). The minimum Gasteiger partial charge on any atom is -0.478 e. The SMILES string of the molecule is C[C@H]1[C@H](C)CC[C@]2(C(=O)NCCCN3CCS(O)(O)CC3)CC[C@]3(C)C(=CC[C@@H]4[C@@]5(C)CC=C(c6ccc(C(=O)O)cc6)C(C)(C)[C@H]5CC[C@]43C)[C@H]12. The smallest absolute Gasteiger partial charge is 0.335 e. The molecule has 1 amide bonds. The van der Waals surface area contributed by atoms with Crippen molar-refractivity contribution in [3.8, 4) is 0 Å². The van der Waals surface area contributed by atoms with E-state index < -0.39 is 16.6 Å². The van der Waals surface area contributed by atoms with Crippen molar-refractivity contribution >= 4 is 28.0 Å². The lowest BCUT2D eigenvalue weighted by Gasteiger charge is -2.71. The number of hydrogen-bond acceptors (Lipinski definition) is 5. The number of carboxylic acids is 1. The summed E-state index contributed by atoms with van der Waals surface area (Å²) in [5, 5.41) is 13.0. The summed E-state index contributed by atoms with van der Waals surface area (Å²) in [6.45, 7) is 20.5. The number of fused-ring (bicyclic) bond motifs is 7. The van der Waals surface area contributed by atoms with Crippen LogP contribution >= 0.6 is 10.6 Å². The van der Waals surface area contributed by atoms with Crippen molar-refractivity contribution in [2.75, 3.05) is 37.7 Å². The number of carbonyl (C=O) groups excluding carboxylic acids is 1. The van der Waals surface area contributed by atoms with Gasteiger partial charge in [0.15, 0.2) is 0 Å². The van der Waals surface area contributed by atoms with E-state index in [1.54, 1.807) is 17.7 Å². The molecule has 8 heteroatoms. The molecular formula is C44H66N2O5S. The normalized spacial score (nSPS) is 41.5. The second kappa shape index (κ2) is 13.3. The van der Waals surface area contributed by atoms with Gasteiger partial charge in [-0.2, -0.15) is 10.6 Å². The molecule has 4 fully saturated rings. The first-order valence-electron chi connectivity index (χ1n) is 20.4. The van der Waals surface area contributed by atoms with Crippen molar-refractivity contribution in [2.24, 2.45) is 56.7 Å². The van der Waals surface area contributed by atoms with Crippen LogP contribution in [0, 0.1) is 56.7 Å². The summed E-state index contributed by atoms with van der Waals surface area (Å²) in [7, 11) is -2.39. The topological polar surface area (TPSA) is 110 Å². The largest absolute Gasteiger partial charge is 0.478 e. The van der Waals surface area contributed by atoms with Gasteiger partial charge in [-0.1, -0.05) is 78.3 Å². The molecule has 1 saturated heterocycles. The average molecular weight is 735 g/mol. The number of amides is 1. The second-order valence-electron chi connectivity index (χ2n) is 19.4. The Bertz CT molecular complexity index is 1620. The first-order valence-corrected chi connectivity index (χ1v) is 22.3. The Labute approximate surface area is 314 Å². The van der Waals surface area contributed by atoms with Crippen molar-refractivity contribution in [3.05, 3.63) is 53.1 Å². The van der Waals surface area contributed by atoms with Crippen LogP contribution in [-0.2, 0) is 4.79 Å². The maximum absolute atomic E-state index is 14.5. The monoisotopic (exact) mass is 734 g/mol. The first-order chi connectivity index (χ1) is 24.4. The molecule has 1 aromatic carbocycles. The van der Waals surface area contributed by atoms with Crippen LogP contribution < -0.4 is 5.32 Å². The minimum atomic E-state index is -2.39. The third-order valence-corrected chi connectivity index (χ3v) is 18.5. The first kappa shape index (κ1) is 38.2. The van der Waals surface area contributed by atoms with E-state index in [1.165, 1.54) is 18.4 Å². The molecule has 0 spiro atoms. The van der Waals surface area contributed by atoms with Crippen LogP contribution in [0.3, 0.4) is 0 Å². The van der Waals surface area contributed by atoms with Crippen LogP contribution in [0.15, 0.2) is 42.0 Å². The molecule has 1 aliphatic heterocycles. The average Bonchev–Trinajstić information content (AvgIpc) is 3.09. The molecule has 52 heavy (non-hydrogen) atoms. The third kappa shape index (κ3) is 5.87. The molecule has 0 radical (unpaired) electrons. The van der Waals surface area contributed by atoms with E-state index in [0.717, 1.165) is 70.1 Å². The molecule has 9 atom stereocenters. The molecule has 288 valence electrons. The number of carboxylic acid groups (broad SMARTS) is 1. The van der Waals surface area contributed by atoms with Crippen LogP contribution in [0.25, 0.3) is 5.57 Å². The number of aromatic carboxylic acids is 1. The number of benzene rings is 1. The number of carbonyl (C=O) groups is 2. The van der Waals surface area contributed by atoms with Gasteiger partial charge in [-0.3, -0.25) is 13.9 Å². The number of nitrogens with zero attached hydrogens (tertiary/aromatic N) is 1.